The molecule has 0 aliphatic rings. The highest BCUT2D eigenvalue weighted by atomic mass is 16.5. The van der Waals surface area contributed by atoms with E-state index in [1.807, 2.05) is 30.3 Å². The molecule has 0 unspecified atom stereocenters. The molecule has 0 saturated carbocycles. The van der Waals surface area contributed by atoms with Gasteiger partial charge in [0.25, 0.3) is 0 Å². The molecule has 3 rings (SSSR count). The Morgan fingerprint density at radius 1 is 1.21 bits per heavy atom. The normalized spacial score (nSPS) is 12.4. The van der Waals surface area contributed by atoms with Crippen LogP contribution in [0.25, 0.3) is 11.0 Å². The van der Waals surface area contributed by atoms with Crippen LogP contribution in [-0.2, 0) is 18.0 Å². The summed E-state index contributed by atoms with van der Waals surface area (Å²) in [5, 5.41) is 26.4. The van der Waals surface area contributed by atoms with Gasteiger partial charge in [0.1, 0.15) is 25.0 Å². The molecule has 0 bridgehead atoms. The molecule has 0 radical (unpaired) electrons. The van der Waals surface area contributed by atoms with Crippen molar-refractivity contribution in [3.8, 4) is 0 Å². The molecule has 3 N–H and O–H groups in total. The van der Waals surface area contributed by atoms with Gasteiger partial charge in [-0.05, 0) is 5.56 Å². The molecule has 1 aromatic carbocycles. The topological polar surface area (TPSA) is 105 Å². The number of aromatic nitrogens is 4. The lowest BCUT2D eigenvalue weighted by atomic mass is 10.2. The molecule has 0 aliphatic heterocycles. The fraction of sp³-hybridized carbons (Fsp3) is 0.312. The van der Waals surface area contributed by atoms with Crippen LogP contribution in [0.5, 0.6) is 0 Å². The maximum absolute atomic E-state index is 9.28. The van der Waals surface area contributed by atoms with Gasteiger partial charge >= 0.3 is 0 Å². The smallest absolute Gasteiger partial charge is 0.165 e. The SMILES string of the molecule is OC[C@H](O)COCn1ncc2c(NCc3ccccc3)ncnc21. The Balaban J connectivity index is 1.69. The Morgan fingerprint density at radius 3 is 2.83 bits per heavy atom. The van der Waals surface area contributed by atoms with Crippen molar-refractivity contribution < 1.29 is 14.9 Å². The molecule has 0 fully saturated rings. The van der Waals surface area contributed by atoms with Crippen molar-refractivity contribution in [1.29, 1.82) is 0 Å². The first-order valence-corrected chi connectivity index (χ1v) is 7.59. The summed E-state index contributed by atoms with van der Waals surface area (Å²) < 4.78 is 6.90. The number of hydrogen-bond donors (Lipinski definition) is 3. The second-order valence-electron chi connectivity index (χ2n) is 5.28. The maximum Gasteiger partial charge on any atom is 0.165 e. The maximum atomic E-state index is 9.28. The first-order valence-electron chi connectivity index (χ1n) is 7.59. The van der Waals surface area contributed by atoms with Crippen LogP contribution in [0.4, 0.5) is 5.82 Å². The summed E-state index contributed by atoms with van der Waals surface area (Å²) in [7, 11) is 0. The predicted molar refractivity (Wildman–Crippen MR) is 88.1 cm³/mol. The number of benzene rings is 1. The minimum absolute atomic E-state index is 0.0298. The first-order chi connectivity index (χ1) is 11.8. The largest absolute Gasteiger partial charge is 0.394 e. The number of nitrogens with zero attached hydrogens (tertiary/aromatic N) is 4. The third-order valence-electron chi connectivity index (χ3n) is 3.47. The Labute approximate surface area is 138 Å². The van der Waals surface area contributed by atoms with Crippen LogP contribution in [0.2, 0.25) is 0 Å². The van der Waals surface area contributed by atoms with E-state index in [2.05, 4.69) is 20.4 Å². The molecule has 0 aliphatic carbocycles. The lowest BCUT2D eigenvalue weighted by Gasteiger charge is -2.09. The van der Waals surface area contributed by atoms with Crippen molar-refractivity contribution in [2.24, 2.45) is 0 Å². The lowest BCUT2D eigenvalue weighted by molar-refractivity contribution is -0.0194. The second-order valence-corrected chi connectivity index (χ2v) is 5.28. The molecule has 8 heteroatoms. The minimum atomic E-state index is -0.899. The Hall–Kier alpha value is -2.55. The molecule has 2 aromatic heterocycles. The Kier molecular flexibility index (Phi) is 5.32. The summed E-state index contributed by atoms with van der Waals surface area (Å²) in [6.45, 7) is 0.477. The van der Waals surface area contributed by atoms with Crippen LogP contribution in [0, 0.1) is 0 Å². The van der Waals surface area contributed by atoms with Gasteiger partial charge in [0.2, 0.25) is 0 Å². The number of nitrogens with one attached hydrogen (secondary N) is 1. The molecule has 0 saturated heterocycles. The van der Waals surface area contributed by atoms with Gasteiger partial charge in [0, 0.05) is 6.54 Å². The van der Waals surface area contributed by atoms with E-state index >= 15 is 0 Å². The van der Waals surface area contributed by atoms with Crippen LogP contribution >= 0.6 is 0 Å². The summed E-state index contributed by atoms with van der Waals surface area (Å²) in [4.78, 5) is 8.50. The standard InChI is InChI=1S/C16H19N5O3/c22-8-13(23)9-24-11-21-16-14(7-20-21)15(18-10-19-16)17-6-12-4-2-1-3-5-12/h1-5,7,10,13,22-23H,6,8-9,11H2,(H,17,18,19)/t13-/m0/s1. The molecule has 2 heterocycles. The van der Waals surface area contributed by atoms with Gasteiger partial charge in [-0.15, -0.1) is 0 Å². The van der Waals surface area contributed by atoms with Crippen LogP contribution in [-0.4, -0.2) is 49.3 Å². The van der Waals surface area contributed by atoms with Crippen LogP contribution in [0.15, 0.2) is 42.9 Å². The van der Waals surface area contributed by atoms with Gasteiger partial charge < -0.3 is 20.3 Å². The molecule has 0 amide bonds. The van der Waals surface area contributed by atoms with Crippen molar-refractivity contribution in [2.45, 2.75) is 19.4 Å². The monoisotopic (exact) mass is 329 g/mol. The molecule has 0 spiro atoms. The number of ether oxygens (including phenoxy) is 1. The molecule has 24 heavy (non-hydrogen) atoms. The molecule has 8 nitrogen and oxygen atoms in total. The summed E-state index contributed by atoms with van der Waals surface area (Å²) in [6.07, 6.45) is 2.25. The van der Waals surface area contributed by atoms with Gasteiger partial charge in [-0.3, -0.25) is 0 Å². The zero-order valence-corrected chi connectivity index (χ0v) is 13.0. The molecule has 126 valence electrons. The third kappa shape index (κ3) is 3.85. The van der Waals surface area contributed by atoms with E-state index in [-0.39, 0.29) is 19.9 Å². The molecular formula is C16H19N5O3. The van der Waals surface area contributed by atoms with E-state index in [1.54, 1.807) is 10.9 Å². The number of aliphatic hydroxyl groups excluding tert-OH is 2. The van der Waals surface area contributed by atoms with Crippen LogP contribution in [0.1, 0.15) is 5.56 Å². The van der Waals surface area contributed by atoms with E-state index in [4.69, 9.17) is 9.84 Å². The van der Waals surface area contributed by atoms with Gasteiger partial charge in [0.05, 0.1) is 24.8 Å². The fourth-order valence-electron chi connectivity index (χ4n) is 2.24. The number of hydrogen-bond acceptors (Lipinski definition) is 7. The van der Waals surface area contributed by atoms with Gasteiger partial charge in [-0.2, -0.15) is 5.10 Å². The predicted octanol–water partition coefficient (Wildman–Crippen LogP) is 0.766. The van der Waals surface area contributed by atoms with Crippen molar-refractivity contribution in [1.82, 2.24) is 19.7 Å². The van der Waals surface area contributed by atoms with Gasteiger partial charge in [-0.1, -0.05) is 30.3 Å². The molecule has 1 atom stereocenters. The number of rotatable bonds is 8. The van der Waals surface area contributed by atoms with E-state index in [1.165, 1.54) is 6.33 Å². The summed E-state index contributed by atoms with van der Waals surface area (Å²) in [5.74, 6) is 0.700. The zero-order valence-electron chi connectivity index (χ0n) is 13.0. The Bertz CT molecular complexity index is 778. The molecular weight excluding hydrogens is 310 g/mol. The lowest BCUT2D eigenvalue weighted by Crippen LogP contribution is -2.20. The quantitative estimate of drug-likeness (QED) is 0.560. The fourth-order valence-corrected chi connectivity index (χ4v) is 2.24. The van der Waals surface area contributed by atoms with Crippen LogP contribution in [0.3, 0.4) is 0 Å². The van der Waals surface area contributed by atoms with Gasteiger partial charge in [0.15, 0.2) is 5.65 Å². The number of fused-ring (bicyclic) bond motifs is 1. The zero-order chi connectivity index (χ0) is 16.8. The van der Waals surface area contributed by atoms with Crippen LogP contribution < -0.4 is 5.32 Å². The van der Waals surface area contributed by atoms with E-state index in [0.717, 1.165) is 10.9 Å². The highest BCUT2D eigenvalue weighted by Gasteiger charge is 2.10. The van der Waals surface area contributed by atoms with Crippen molar-refractivity contribution >= 4 is 16.9 Å². The van der Waals surface area contributed by atoms with E-state index in [0.29, 0.717) is 18.0 Å². The van der Waals surface area contributed by atoms with E-state index < -0.39 is 6.10 Å². The summed E-state index contributed by atoms with van der Waals surface area (Å²) in [5.41, 5.74) is 1.79. The average Bonchev–Trinajstić information content (AvgIpc) is 3.04. The summed E-state index contributed by atoms with van der Waals surface area (Å²) >= 11 is 0. The van der Waals surface area contributed by atoms with Crippen molar-refractivity contribution in [3.05, 3.63) is 48.4 Å². The Morgan fingerprint density at radius 2 is 2.04 bits per heavy atom. The first kappa shape index (κ1) is 16.3. The number of aliphatic hydroxyl groups is 2. The minimum Gasteiger partial charge on any atom is -0.394 e. The summed E-state index contributed by atoms with van der Waals surface area (Å²) in [6, 6.07) is 10.0. The van der Waals surface area contributed by atoms with Crippen molar-refractivity contribution in [2.75, 3.05) is 18.5 Å². The molecule has 3 aromatic rings. The van der Waals surface area contributed by atoms with Crippen molar-refractivity contribution in [3.63, 3.8) is 0 Å². The second kappa shape index (κ2) is 7.82. The van der Waals surface area contributed by atoms with E-state index in [9.17, 15) is 5.11 Å². The van der Waals surface area contributed by atoms with Gasteiger partial charge in [-0.25, -0.2) is 14.6 Å². The third-order valence-corrected chi connectivity index (χ3v) is 3.47. The number of anilines is 1. The highest BCUT2D eigenvalue weighted by Crippen LogP contribution is 2.19. The highest BCUT2D eigenvalue weighted by molar-refractivity contribution is 5.85. The average molecular weight is 329 g/mol.